The van der Waals surface area contributed by atoms with E-state index >= 15 is 0 Å². The maximum Gasteiger partial charge on any atom is 0.460 e. The average Bonchev–Trinajstić information content (AvgIpc) is 3.32. The lowest BCUT2D eigenvalue weighted by molar-refractivity contribution is -0.889. The van der Waals surface area contributed by atoms with E-state index in [1.54, 1.807) is 5.32 Å². The summed E-state index contributed by atoms with van der Waals surface area (Å²) in [6.07, 6.45) is 2.73. The van der Waals surface area contributed by atoms with Crippen LogP contribution in [-0.2, 0) is 4.79 Å². The number of nitrogens with zero attached hydrogens (tertiary/aromatic N) is 1. The lowest BCUT2D eigenvalue weighted by atomic mass is 9.92. The third-order valence-electron chi connectivity index (χ3n) is 13.3. The van der Waals surface area contributed by atoms with Crippen molar-refractivity contribution in [2.45, 2.75) is 239 Å². The van der Waals surface area contributed by atoms with Crippen LogP contribution in [0.15, 0.2) is 0 Å². The molecule has 0 aliphatic heterocycles. The highest BCUT2D eigenvalue weighted by Crippen LogP contribution is 2.62. The highest BCUT2D eigenvalue weighted by molar-refractivity contribution is 7.99. The van der Waals surface area contributed by atoms with Crippen molar-refractivity contribution in [3.63, 3.8) is 0 Å². The number of halogens is 26. The minimum absolute atomic E-state index is 0.139. The van der Waals surface area contributed by atoms with Crippen molar-refractivity contribution in [3.05, 3.63) is 0 Å². The highest BCUT2D eigenvalue weighted by atomic mass is 32.2. The summed E-state index contributed by atoms with van der Waals surface area (Å²) in [6, 6.07) is -0.837. The van der Waals surface area contributed by atoms with Crippen LogP contribution in [0.2, 0.25) is 0 Å². The summed E-state index contributed by atoms with van der Waals surface area (Å²) in [6.45, 7) is -0.124. The van der Waals surface area contributed by atoms with Gasteiger partial charge in [-0.3, -0.25) is 4.79 Å². The van der Waals surface area contributed by atoms with Crippen LogP contribution in [0.5, 0.6) is 0 Å². The van der Waals surface area contributed by atoms with Gasteiger partial charge in [0.1, 0.15) is 0 Å². The molecule has 3 amide bonds. The number of likely N-dealkylation sites (N-methyl/N-ethyl adjacent to an activating group) is 1. The summed E-state index contributed by atoms with van der Waals surface area (Å²) in [5.41, 5.74) is 0. The van der Waals surface area contributed by atoms with Gasteiger partial charge in [-0.25, -0.2) is 4.79 Å². The minimum Gasteiger partial charge on any atom is -0.356 e. The Labute approximate surface area is 457 Å². The second-order valence-corrected chi connectivity index (χ2v) is 21.7. The first kappa shape index (κ1) is 78.2. The summed E-state index contributed by atoms with van der Waals surface area (Å²) < 4.78 is 344. The van der Waals surface area contributed by atoms with E-state index < -0.39 is 115 Å². The fraction of sp³-hybridized carbons (Fsp3) is 0.958. The predicted octanol–water partition coefficient (Wildman–Crippen LogP) is 17.8. The van der Waals surface area contributed by atoms with E-state index in [0.29, 0.717) is 23.9 Å². The molecule has 0 aromatic heterocycles. The number of hydrogen-bond donors (Lipinski definition) is 3. The van der Waals surface area contributed by atoms with Gasteiger partial charge >= 0.3 is 77.6 Å². The molecule has 0 aromatic carbocycles. The second-order valence-electron chi connectivity index (χ2n) is 20.6. The Bertz CT molecular complexity index is 1800. The van der Waals surface area contributed by atoms with Crippen LogP contribution in [0, 0.1) is 0 Å². The molecule has 3 N–H and O–H groups in total. The molecule has 0 aliphatic carbocycles. The van der Waals surface area contributed by atoms with Gasteiger partial charge in [0.05, 0.1) is 39.6 Å². The molecule has 0 aliphatic rings. The molecule has 484 valence electrons. The third kappa shape index (κ3) is 22.5. The number of urea groups is 1. The van der Waals surface area contributed by atoms with Crippen LogP contribution in [0.1, 0.15) is 167 Å². The van der Waals surface area contributed by atoms with Crippen molar-refractivity contribution in [2.24, 2.45) is 0 Å². The Morgan fingerprint density at radius 1 is 0.333 bits per heavy atom. The average molecular weight is 1260 g/mol. The standard InChI is InChI=1S/C48H72F26N4O2S/c1-78(2,32-30-76-36(80)77-34-81-33-28-38(51,52)40(55,56)42(59,60)44(63,64)46(67,68)48(72,73)74)31-25-23-21-19-17-15-13-11-9-7-5-3-4-6-8-10-12-14-16-18-20-22-24-26-35(79)75-29-27-37(49,50)39(53,54)41(57,58)43(61,62)45(65,66)47(69,70)71/h3-34H2,1-2H3,(H2-,75,76,77,79,80)/p+1. The number of alkyl halides is 26. The predicted molar refractivity (Wildman–Crippen MR) is 250 cm³/mol. The normalized spacial score (nSPS) is 14.4. The summed E-state index contributed by atoms with van der Waals surface area (Å²) in [4.78, 5) is 23.8. The fourth-order valence-electron chi connectivity index (χ4n) is 7.94. The summed E-state index contributed by atoms with van der Waals surface area (Å²) in [5.74, 6) is -77.1. The van der Waals surface area contributed by atoms with Crippen LogP contribution in [-0.4, -0.2) is 140 Å². The smallest absolute Gasteiger partial charge is 0.356 e. The van der Waals surface area contributed by atoms with Gasteiger partial charge in [0, 0.05) is 31.6 Å². The SMILES string of the molecule is C[N+](C)(CCCCCCCCCCCCCCCCCCCCCCCCCC(=O)NCCC(F)(F)C(F)(F)C(F)(F)C(F)(F)C(F)(F)C(F)(F)F)CCNC(=O)NCSCCC(F)(F)C(F)(F)C(F)(F)C(F)(F)C(F)(F)C(F)(F)F. The molecular formula is C48H73F26N4O2S+. The zero-order chi connectivity index (χ0) is 63.1. The van der Waals surface area contributed by atoms with Crippen molar-refractivity contribution in [2.75, 3.05) is 51.9 Å². The Balaban J connectivity index is 3.92. The van der Waals surface area contributed by atoms with Crippen molar-refractivity contribution >= 4 is 23.7 Å². The minimum atomic E-state index is -7.96. The van der Waals surface area contributed by atoms with Gasteiger partial charge in [-0.05, 0) is 19.3 Å². The van der Waals surface area contributed by atoms with Crippen LogP contribution in [0.25, 0.3) is 0 Å². The lowest BCUT2D eigenvalue weighted by Gasteiger charge is -2.39. The van der Waals surface area contributed by atoms with Crippen LogP contribution in [0.4, 0.5) is 119 Å². The van der Waals surface area contributed by atoms with Gasteiger partial charge < -0.3 is 20.4 Å². The van der Waals surface area contributed by atoms with E-state index in [-0.39, 0.29) is 31.1 Å². The van der Waals surface area contributed by atoms with Gasteiger partial charge in [-0.2, -0.15) is 114 Å². The molecule has 0 bridgehead atoms. The highest BCUT2D eigenvalue weighted by Gasteiger charge is 2.92. The quantitative estimate of drug-likeness (QED) is 0.0246. The molecule has 0 spiro atoms. The number of nitrogens with one attached hydrogen (secondary N) is 3. The molecule has 0 saturated carbocycles. The molecule has 0 radical (unpaired) electrons. The Kier molecular flexibility index (Phi) is 31.5. The molecule has 0 atom stereocenters. The number of carbonyl (C=O) groups excluding carboxylic acids is 2. The first-order chi connectivity index (χ1) is 36.7. The molecule has 0 aromatic rings. The number of quaternary nitrogens is 1. The van der Waals surface area contributed by atoms with Gasteiger partial charge in [0.2, 0.25) is 5.91 Å². The molecule has 33 heteroatoms. The largest absolute Gasteiger partial charge is 0.460 e. The molecule has 0 fully saturated rings. The topological polar surface area (TPSA) is 70.2 Å². The van der Waals surface area contributed by atoms with Crippen molar-refractivity contribution in [3.8, 4) is 0 Å². The van der Waals surface area contributed by atoms with E-state index in [1.807, 2.05) is 14.1 Å². The Hall–Kier alpha value is -2.77. The Morgan fingerprint density at radius 3 is 0.963 bits per heavy atom. The summed E-state index contributed by atoms with van der Waals surface area (Å²) in [7, 11) is 3.83. The molecule has 0 rings (SSSR count). The van der Waals surface area contributed by atoms with Crippen LogP contribution in [0.3, 0.4) is 0 Å². The Morgan fingerprint density at radius 2 is 0.630 bits per heavy atom. The fourth-order valence-corrected chi connectivity index (χ4v) is 8.72. The molecular weight excluding hydrogens is 1190 g/mol. The second kappa shape index (κ2) is 32.7. The third-order valence-corrected chi connectivity index (χ3v) is 14.2. The molecule has 81 heavy (non-hydrogen) atoms. The van der Waals surface area contributed by atoms with Crippen LogP contribution < -0.4 is 16.0 Å². The molecule has 6 nitrogen and oxygen atoms in total. The van der Waals surface area contributed by atoms with Gasteiger partial charge in [-0.1, -0.05) is 128 Å². The van der Waals surface area contributed by atoms with Gasteiger partial charge in [-0.15, -0.1) is 11.8 Å². The summed E-state index contributed by atoms with van der Waals surface area (Å²) >= 11 is 0.225. The van der Waals surface area contributed by atoms with Crippen molar-refractivity contribution < 1.29 is 128 Å². The van der Waals surface area contributed by atoms with E-state index in [0.717, 1.165) is 135 Å². The first-order valence-corrected chi connectivity index (χ1v) is 27.5. The zero-order valence-electron chi connectivity index (χ0n) is 44.6. The van der Waals surface area contributed by atoms with Crippen LogP contribution >= 0.6 is 11.8 Å². The van der Waals surface area contributed by atoms with Crippen molar-refractivity contribution in [1.29, 1.82) is 0 Å². The number of hydrogen-bond acceptors (Lipinski definition) is 3. The maximum atomic E-state index is 13.9. The maximum absolute atomic E-state index is 13.9. The van der Waals surface area contributed by atoms with E-state index in [2.05, 4.69) is 10.6 Å². The van der Waals surface area contributed by atoms with E-state index in [4.69, 9.17) is 0 Å². The number of carbonyl (C=O) groups is 2. The molecule has 0 unspecified atom stereocenters. The number of unbranched alkanes of at least 4 members (excludes halogenated alkanes) is 22. The molecule has 0 saturated heterocycles. The van der Waals surface area contributed by atoms with Crippen molar-refractivity contribution in [1.82, 2.24) is 16.0 Å². The van der Waals surface area contributed by atoms with E-state index in [1.165, 1.54) is 0 Å². The first-order valence-electron chi connectivity index (χ1n) is 26.3. The monoisotopic (exact) mass is 1260 g/mol. The number of amides is 3. The van der Waals surface area contributed by atoms with Gasteiger partial charge in [0.25, 0.3) is 0 Å². The summed E-state index contributed by atoms with van der Waals surface area (Å²) in [5, 5.41) is 6.27. The lowest BCUT2D eigenvalue weighted by Crippen LogP contribution is -2.70. The van der Waals surface area contributed by atoms with E-state index in [9.17, 15) is 124 Å². The number of rotatable bonds is 45. The zero-order valence-corrected chi connectivity index (χ0v) is 45.4. The molecule has 0 heterocycles. The number of thioether (sulfide) groups is 1. The van der Waals surface area contributed by atoms with Gasteiger partial charge in [0.15, 0.2) is 0 Å².